The third kappa shape index (κ3) is 7.17. The zero-order valence-corrected chi connectivity index (χ0v) is 20.3. The van der Waals surface area contributed by atoms with Crippen LogP contribution < -0.4 is 0 Å². The van der Waals surface area contributed by atoms with Gasteiger partial charge in [0, 0.05) is 5.92 Å². The summed E-state index contributed by atoms with van der Waals surface area (Å²) in [7, 11) is 0. The van der Waals surface area contributed by atoms with Crippen molar-refractivity contribution in [1.29, 1.82) is 0 Å². The first-order valence-electron chi connectivity index (χ1n) is 12.1. The second kappa shape index (κ2) is 11.5. The Hall–Kier alpha value is -1.66. The molecule has 0 radical (unpaired) electrons. The summed E-state index contributed by atoms with van der Waals surface area (Å²) >= 11 is 0. The molecule has 7 atom stereocenters. The Morgan fingerprint density at radius 3 is 2.53 bits per heavy atom. The lowest BCUT2D eigenvalue weighted by Crippen LogP contribution is -2.42. The maximum Gasteiger partial charge on any atom is 0.311 e. The van der Waals surface area contributed by atoms with Gasteiger partial charge in [-0.15, -0.1) is 0 Å². The topological polar surface area (TPSA) is 104 Å². The van der Waals surface area contributed by atoms with Gasteiger partial charge in [0.05, 0.1) is 24.0 Å². The maximum atomic E-state index is 12.9. The average Bonchev–Trinajstić information content (AvgIpc) is 2.68. The number of aliphatic carboxylic acids is 1. The zero-order chi connectivity index (χ0) is 24.1. The number of hydrogen-bond acceptors (Lipinski definition) is 5. The van der Waals surface area contributed by atoms with Crippen molar-refractivity contribution in [1.82, 2.24) is 0 Å². The van der Waals surface area contributed by atoms with E-state index in [9.17, 15) is 19.8 Å². The van der Waals surface area contributed by atoms with Crippen LogP contribution >= 0.6 is 0 Å². The number of hydrogen-bond donors (Lipinski definition) is 3. The van der Waals surface area contributed by atoms with Gasteiger partial charge in [0.1, 0.15) is 6.10 Å². The molecule has 0 aromatic rings. The number of carbonyl (C=O) groups excluding carboxylic acids is 1. The van der Waals surface area contributed by atoms with Gasteiger partial charge in [0.2, 0.25) is 0 Å². The van der Waals surface area contributed by atoms with Crippen molar-refractivity contribution in [2.45, 2.75) is 97.9 Å². The molecule has 6 nitrogen and oxygen atoms in total. The Morgan fingerprint density at radius 2 is 1.91 bits per heavy atom. The van der Waals surface area contributed by atoms with Crippen molar-refractivity contribution in [2.24, 2.45) is 29.1 Å². The molecule has 2 rings (SSSR count). The van der Waals surface area contributed by atoms with Crippen molar-refractivity contribution in [3.63, 3.8) is 0 Å². The van der Waals surface area contributed by atoms with Crippen LogP contribution in [-0.2, 0) is 14.3 Å². The van der Waals surface area contributed by atoms with Crippen molar-refractivity contribution >= 4 is 11.9 Å². The fourth-order valence-electron chi connectivity index (χ4n) is 4.97. The lowest BCUT2D eigenvalue weighted by molar-refractivity contribution is -0.164. The molecule has 0 aromatic carbocycles. The Bertz CT molecular complexity index is 709. The fourth-order valence-corrected chi connectivity index (χ4v) is 4.97. The first kappa shape index (κ1) is 26.6. The summed E-state index contributed by atoms with van der Waals surface area (Å²) < 4.78 is 6.13. The van der Waals surface area contributed by atoms with Crippen molar-refractivity contribution in [3.8, 4) is 0 Å². The SMILES string of the molecule is CCC(C)(C)C(=O)O[C@@H]1C[C@H](C)C=C2C=C[C@@H](C)C(CCC[C@@H](O)C[C@@H](O)CC(=O)O)[C@@H]21. The number of carbonyl (C=O) groups is 2. The van der Waals surface area contributed by atoms with E-state index in [4.69, 9.17) is 9.84 Å². The van der Waals surface area contributed by atoms with E-state index in [1.165, 1.54) is 5.57 Å². The van der Waals surface area contributed by atoms with E-state index in [1.54, 1.807) is 0 Å². The smallest absolute Gasteiger partial charge is 0.311 e. The molecule has 2 aliphatic carbocycles. The highest BCUT2D eigenvalue weighted by molar-refractivity contribution is 5.76. The number of esters is 1. The summed E-state index contributed by atoms with van der Waals surface area (Å²) in [4.78, 5) is 23.6. The zero-order valence-electron chi connectivity index (χ0n) is 20.3. The highest BCUT2D eigenvalue weighted by Gasteiger charge is 2.42. The predicted octanol–water partition coefficient (Wildman–Crippen LogP) is 4.50. The molecule has 6 heteroatoms. The van der Waals surface area contributed by atoms with Crippen molar-refractivity contribution < 1.29 is 29.6 Å². The molecule has 0 fully saturated rings. The normalized spacial score (nSPS) is 29.6. The highest BCUT2D eigenvalue weighted by Crippen LogP contribution is 2.45. The summed E-state index contributed by atoms with van der Waals surface area (Å²) in [5, 5.41) is 28.8. The summed E-state index contributed by atoms with van der Waals surface area (Å²) in [5.41, 5.74) is 0.744. The second-order valence-electron chi connectivity index (χ2n) is 10.5. The molecular weight excluding hydrogens is 408 g/mol. The standard InChI is InChI=1S/C26H42O6/c1-6-26(4,5)25(31)32-22-13-16(2)12-18-11-10-17(3)21(24(18)22)9-7-8-19(27)14-20(28)15-23(29)30/h10-12,16-17,19-22,24,27-28H,6-9,13-15H2,1-5H3,(H,29,30)/t16-,17-,19-,20-,21?,22-,24-/m1/s1. The molecule has 0 saturated heterocycles. The quantitative estimate of drug-likeness (QED) is 0.401. The van der Waals surface area contributed by atoms with Crippen LogP contribution in [0.3, 0.4) is 0 Å². The van der Waals surface area contributed by atoms with Crippen LogP contribution in [0.2, 0.25) is 0 Å². The molecule has 0 aliphatic heterocycles. The number of aliphatic hydroxyl groups excluding tert-OH is 2. The van der Waals surface area contributed by atoms with Gasteiger partial charge in [-0.3, -0.25) is 9.59 Å². The van der Waals surface area contributed by atoms with Crippen LogP contribution in [0, 0.1) is 29.1 Å². The number of carboxylic acid groups (broad SMARTS) is 1. The van der Waals surface area contributed by atoms with E-state index in [0.29, 0.717) is 24.2 Å². The third-order valence-corrected chi connectivity index (χ3v) is 7.32. The molecule has 0 heterocycles. The summed E-state index contributed by atoms with van der Waals surface area (Å²) in [6.07, 6.45) is 8.24. The van der Waals surface area contributed by atoms with Gasteiger partial charge in [0.25, 0.3) is 0 Å². The number of fused-ring (bicyclic) bond motifs is 1. The Morgan fingerprint density at radius 1 is 1.22 bits per heavy atom. The van der Waals surface area contributed by atoms with E-state index in [2.05, 4.69) is 32.1 Å². The Kier molecular flexibility index (Phi) is 9.53. The first-order chi connectivity index (χ1) is 14.9. The number of ether oxygens (including phenoxy) is 1. The number of allylic oxidation sites excluding steroid dienone is 3. The van der Waals surface area contributed by atoms with E-state index in [-0.39, 0.29) is 30.8 Å². The van der Waals surface area contributed by atoms with Crippen molar-refractivity contribution in [3.05, 3.63) is 23.8 Å². The van der Waals surface area contributed by atoms with E-state index >= 15 is 0 Å². The van der Waals surface area contributed by atoms with Gasteiger partial charge in [-0.05, 0) is 69.3 Å². The van der Waals surface area contributed by atoms with E-state index in [1.807, 2.05) is 20.8 Å². The molecule has 0 amide bonds. The van der Waals surface area contributed by atoms with Gasteiger partial charge in [-0.1, -0.05) is 45.4 Å². The van der Waals surface area contributed by atoms with Gasteiger partial charge >= 0.3 is 11.9 Å². The molecule has 0 bridgehead atoms. The lowest BCUT2D eigenvalue weighted by Gasteiger charge is -2.43. The minimum Gasteiger partial charge on any atom is -0.481 e. The van der Waals surface area contributed by atoms with Crippen LogP contribution in [0.25, 0.3) is 0 Å². The van der Waals surface area contributed by atoms with Gasteiger partial charge in [0.15, 0.2) is 0 Å². The van der Waals surface area contributed by atoms with E-state index < -0.39 is 23.6 Å². The first-order valence-corrected chi connectivity index (χ1v) is 12.1. The van der Waals surface area contributed by atoms with Crippen LogP contribution in [-0.4, -0.2) is 45.6 Å². The van der Waals surface area contributed by atoms with Crippen LogP contribution in [0.15, 0.2) is 23.8 Å². The average molecular weight is 451 g/mol. The summed E-state index contributed by atoms with van der Waals surface area (Å²) in [6.45, 7) is 10.2. The van der Waals surface area contributed by atoms with Crippen molar-refractivity contribution in [2.75, 3.05) is 0 Å². The summed E-state index contributed by atoms with van der Waals surface area (Å²) in [5.74, 6) is -0.0665. The monoisotopic (exact) mass is 450 g/mol. The number of aliphatic hydroxyl groups is 2. The Labute approximate surface area is 192 Å². The van der Waals surface area contributed by atoms with Crippen LogP contribution in [0.4, 0.5) is 0 Å². The molecule has 0 aromatic heterocycles. The molecule has 0 saturated carbocycles. The second-order valence-corrected chi connectivity index (χ2v) is 10.5. The van der Waals surface area contributed by atoms with Crippen LogP contribution in [0.5, 0.6) is 0 Å². The highest BCUT2D eigenvalue weighted by atomic mass is 16.5. The van der Waals surface area contributed by atoms with Crippen LogP contribution in [0.1, 0.15) is 79.6 Å². The molecule has 0 spiro atoms. The van der Waals surface area contributed by atoms with Gasteiger partial charge in [-0.2, -0.15) is 0 Å². The maximum absolute atomic E-state index is 12.9. The molecule has 3 N–H and O–H groups in total. The van der Waals surface area contributed by atoms with E-state index in [0.717, 1.165) is 25.7 Å². The lowest BCUT2D eigenvalue weighted by atomic mass is 9.65. The number of rotatable bonds is 11. The van der Waals surface area contributed by atoms with Gasteiger partial charge < -0.3 is 20.1 Å². The molecular formula is C26H42O6. The molecule has 2 aliphatic rings. The molecule has 32 heavy (non-hydrogen) atoms. The largest absolute Gasteiger partial charge is 0.481 e. The molecule has 1 unspecified atom stereocenters. The fraction of sp³-hybridized carbons (Fsp3) is 0.769. The number of carboxylic acids is 1. The summed E-state index contributed by atoms with van der Waals surface area (Å²) in [6, 6.07) is 0. The van der Waals surface area contributed by atoms with Gasteiger partial charge in [-0.25, -0.2) is 0 Å². The predicted molar refractivity (Wildman–Crippen MR) is 124 cm³/mol. The molecule has 182 valence electrons. The minimum atomic E-state index is -1.06. The minimum absolute atomic E-state index is 0.0743. The third-order valence-electron chi connectivity index (χ3n) is 7.32. The Balaban J connectivity index is 2.05.